The summed E-state index contributed by atoms with van der Waals surface area (Å²) in [6.07, 6.45) is 2.64. The highest BCUT2D eigenvalue weighted by atomic mass is 16.1. The van der Waals surface area contributed by atoms with Crippen molar-refractivity contribution in [3.05, 3.63) is 48.0 Å². The average Bonchev–Trinajstić information content (AvgIpc) is 2.48. The highest BCUT2D eigenvalue weighted by Crippen LogP contribution is 2.16. The van der Waals surface area contributed by atoms with Crippen molar-refractivity contribution in [2.45, 2.75) is 40.5 Å². The number of nitrogens with one attached hydrogen (secondary N) is 1. The molecule has 0 radical (unpaired) electrons. The van der Waals surface area contributed by atoms with Crippen LogP contribution >= 0.6 is 0 Å². The summed E-state index contributed by atoms with van der Waals surface area (Å²) in [6, 6.07) is 14.8. The van der Waals surface area contributed by atoms with Crippen molar-refractivity contribution in [3.8, 4) is 0 Å². The van der Waals surface area contributed by atoms with Gasteiger partial charge in [-0.2, -0.15) is 0 Å². The smallest absolute Gasteiger partial charge is 0.216 e. The molecule has 1 amide bonds. The first-order chi connectivity index (χ1) is 9.56. The lowest BCUT2D eigenvalue weighted by Gasteiger charge is -1.98. The lowest BCUT2D eigenvalue weighted by atomic mass is 10.1. The minimum Gasteiger partial charge on any atom is -0.359 e. The van der Waals surface area contributed by atoms with E-state index >= 15 is 0 Å². The number of rotatable bonds is 1. The van der Waals surface area contributed by atoms with Crippen LogP contribution in [0.5, 0.6) is 0 Å². The molecule has 0 bridgehead atoms. The van der Waals surface area contributed by atoms with Crippen molar-refractivity contribution < 1.29 is 4.79 Å². The standard InChI is InChI=1S/C11H10.C4H10.C3H7NO/c1-9-5-4-7-10-6-2-3-8-11(9)10;1-3-4-2;1-3(5)4-2/h2-8H,1H3;3-4H2,1-2H3;1-2H3,(H,4,5). The number of aryl methyl sites for hydroxylation is 1. The van der Waals surface area contributed by atoms with Crippen molar-refractivity contribution in [3.63, 3.8) is 0 Å². The van der Waals surface area contributed by atoms with Crippen molar-refractivity contribution in [1.82, 2.24) is 5.32 Å². The zero-order chi connectivity index (χ0) is 15.4. The molecule has 0 unspecified atom stereocenters. The maximum absolute atomic E-state index is 9.70. The molecule has 0 atom stereocenters. The van der Waals surface area contributed by atoms with E-state index in [1.165, 1.54) is 36.1 Å². The van der Waals surface area contributed by atoms with Gasteiger partial charge in [-0.1, -0.05) is 69.2 Å². The van der Waals surface area contributed by atoms with Crippen LogP contribution in [0, 0.1) is 6.92 Å². The van der Waals surface area contributed by atoms with E-state index in [1.54, 1.807) is 7.05 Å². The monoisotopic (exact) mass is 273 g/mol. The Morgan fingerprint density at radius 3 is 1.95 bits per heavy atom. The van der Waals surface area contributed by atoms with Gasteiger partial charge in [0, 0.05) is 14.0 Å². The maximum Gasteiger partial charge on any atom is 0.216 e. The van der Waals surface area contributed by atoms with Gasteiger partial charge >= 0.3 is 0 Å². The maximum atomic E-state index is 9.70. The summed E-state index contributed by atoms with van der Waals surface area (Å²) in [4.78, 5) is 9.70. The number of hydrogen-bond donors (Lipinski definition) is 1. The van der Waals surface area contributed by atoms with Crippen LogP contribution in [0.3, 0.4) is 0 Å². The van der Waals surface area contributed by atoms with Crippen molar-refractivity contribution in [2.24, 2.45) is 0 Å². The predicted octanol–water partition coefficient (Wildman–Crippen LogP) is 4.71. The van der Waals surface area contributed by atoms with Crippen LogP contribution in [-0.4, -0.2) is 13.0 Å². The number of fused-ring (bicyclic) bond motifs is 1. The highest BCUT2D eigenvalue weighted by Gasteiger charge is 1.92. The summed E-state index contributed by atoms with van der Waals surface area (Å²) >= 11 is 0. The third kappa shape index (κ3) is 7.57. The van der Waals surface area contributed by atoms with Gasteiger partial charge in [0.1, 0.15) is 0 Å². The number of amides is 1. The highest BCUT2D eigenvalue weighted by molar-refractivity contribution is 5.85. The Morgan fingerprint density at radius 1 is 1.00 bits per heavy atom. The van der Waals surface area contributed by atoms with Crippen molar-refractivity contribution >= 4 is 16.7 Å². The average molecular weight is 273 g/mol. The second-order valence-electron chi connectivity index (χ2n) is 4.60. The minimum absolute atomic E-state index is 0.00463. The molecule has 1 N–H and O–H groups in total. The van der Waals surface area contributed by atoms with Crippen molar-refractivity contribution in [2.75, 3.05) is 7.05 Å². The van der Waals surface area contributed by atoms with E-state index in [9.17, 15) is 4.79 Å². The molecule has 0 spiro atoms. The van der Waals surface area contributed by atoms with Crippen LogP contribution in [0.1, 0.15) is 39.2 Å². The molecule has 2 aromatic rings. The van der Waals surface area contributed by atoms with E-state index in [0.29, 0.717) is 0 Å². The fraction of sp³-hybridized carbons (Fsp3) is 0.389. The lowest BCUT2D eigenvalue weighted by Crippen LogP contribution is -2.11. The zero-order valence-electron chi connectivity index (χ0n) is 13.4. The number of carbonyl (C=O) groups excluding carboxylic acids is 1. The van der Waals surface area contributed by atoms with Gasteiger partial charge in [-0.05, 0) is 23.3 Å². The molecule has 2 heteroatoms. The Kier molecular flexibility index (Phi) is 10.0. The van der Waals surface area contributed by atoms with E-state index in [0.717, 1.165) is 0 Å². The normalized spacial score (nSPS) is 8.85. The van der Waals surface area contributed by atoms with Gasteiger partial charge in [-0.15, -0.1) is 0 Å². The quantitative estimate of drug-likeness (QED) is 0.801. The van der Waals surface area contributed by atoms with Crippen LogP contribution in [0.25, 0.3) is 10.8 Å². The topological polar surface area (TPSA) is 29.1 Å². The first-order valence-corrected chi connectivity index (χ1v) is 7.19. The molecule has 0 aliphatic heterocycles. The molecule has 0 saturated carbocycles. The molecule has 0 aliphatic carbocycles. The Hall–Kier alpha value is -1.83. The van der Waals surface area contributed by atoms with E-state index in [4.69, 9.17) is 0 Å². The van der Waals surface area contributed by atoms with Crippen molar-refractivity contribution in [1.29, 1.82) is 0 Å². The summed E-state index contributed by atoms with van der Waals surface area (Å²) in [5, 5.41) is 5.07. The molecule has 0 fully saturated rings. The SMILES string of the molecule is CCCC.CNC(C)=O.Cc1cccc2ccccc12. The Labute approximate surface area is 123 Å². The summed E-state index contributed by atoms with van der Waals surface area (Å²) < 4.78 is 0. The van der Waals surface area contributed by atoms with E-state index in [-0.39, 0.29) is 5.91 Å². The fourth-order valence-electron chi connectivity index (χ4n) is 1.39. The van der Waals surface area contributed by atoms with Gasteiger partial charge in [-0.3, -0.25) is 4.79 Å². The fourth-order valence-corrected chi connectivity index (χ4v) is 1.39. The van der Waals surface area contributed by atoms with Gasteiger partial charge in [0.15, 0.2) is 0 Å². The number of hydrogen-bond acceptors (Lipinski definition) is 1. The second kappa shape index (κ2) is 11.0. The van der Waals surface area contributed by atoms with Gasteiger partial charge in [-0.25, -0.2) is 0 Å². The third-order valence-electron chi connectivity index (χ3n) is 2.86. The molecule has 0 aromatic heterocycles. The molecule has 0 aliphatic rings. The molecule has 20 heavy (non-hydrogen) atoms. The molecule has 110 valence electrons. The number of benzene rings is 2. The van der Waals surface area contributed by atoms with Gasteiger partial charge < -0.3 is 5.32 Å². The largest absolute Gasteiger partial charge is 0.359 e. The van der Waals surface area contributed by atoms with Gasteiger partial charge in [0.05, 0.1) is 0 Å². The van der Waals surface area contributed by atoms with E-state index in [1.807, 2.05) is 0 Å². The predicted molar refractivity (Wildman–Crippen MR) is 89.0 cm³/mol. The molecule has 0 heterocycles. The molecular formula is C18H27NO. The summed E-state index contributed by atoms with van der Waals surface area (Å²) in [6.45, 7) is 7.97. The Bertz CT molecular complexity index is 498. The van der Waals surface area contributed by atoms with E-state index < -0.39 is 0 Å². The zero-order valence-corrected chi connectivity index (χ0v) is 13.4. The first-order valence-electron chi connectivity index (χ1n) is 7.19. The number of unbranched alkanes of at least 4 members (excludes halogenated alkanes) is 1. The van der Waals surface area contributed by atoms with Gasteiger partial charge in [0.25, 0.3) is 0 Å². The molecule has 2 aromatic carbocycles. The molecule has 2 rings (SSSR count). The minimum atomic E-state index is 0.00463. The van der Waals surface area contributed by atoms with Gasteiger partial charge in [0.2, 0.25) is 5.91 Å². The van der Waals surface area contributed by atoms with Crippen LogP contribution in [0.15, 0.2) is 42.5 Å². The third-order valence-corrected chi connectivity index (χ3v) is 2.86. The molecular weight excluding hydrogens is 246 g/mol. The molecule has 2 nitrogen and oxygen atoms in total. The summed E-state index contributed by atoms with van der Waals surface area (Å²) in [5.74, 6) is 0.00463. The first kappa shape index (κ1) is 18.2. The van der Waals surface area contributed by atoms with Crippen LogP contribution < -0.4 is 5.32 Å². The second-order valence-corrected chi connectivity index (χ2v) is 4.60. The van der Waals surface area contributed by atoms with Crippen LogP contribution in [0.4, 0.5) is 0 Å². The Balaban J connectivity index is 0.000000340. The van der Waals surface area contributed by atoms with Crippen LogP contribution in [-0.2, 0) is 4.79 Å². The Morgan fingerprint density at radius 2 is 1.50 bits per heavy atom. The summed E-state index contributed by atoms with van der Waals surface area (Å²) in [5.41, 5.74) is 1.35. The summed E-state index contributed by atoms with van der Waals surface area (Å²) in [7, 11) is 1.60. The lowest BCUT2D eigenvalue weighted by molar-refractivity contribution is -0.118. The van der Waals surface area contributed by atoms with E-state index in [2.05, 4.69) is 68.6 Å². The van der Waals surface area contributed by atoms with Crippen LogP contribution in [0.2, 0.25) is 0 Å². The number of carbonyl (C=O) groups is 1. The molecule has 0 saturated heterocycles.